The Morgan fingerprint density at radius 2 is 2.19 bits per heavy atom. The Bertz CT molecular complexity index is 406. The van der Waals surface area contributed by atoms with Crippen LogP contribution in [0.5, 0.6) is 5.88 Å². The summed E-state index contributed by atoms with van der Waals surface area (Å²) in [7, 11) is 1.66. The standard InChI is InChI=1S/C9H16N4O3/c1-6-11-7(13(14)15)8(12(6)4)16-5-9(2,3)10/h5,10H2,1-4H3. The summed E-state index contributed by atoms with van der Waals surface area (Å²) in [5.41, 5.74) is 5.19. The molecule has 0 amide bonds. The molecule has 0 bridgehead atoms. The van der Waals surface area contributed by atoms with E-state index in [0.717, 1.165) is 0 Å². The van der Waals surface area contributed by atoms with Crippen LogP contribution < -0.4 is 10.5 Å². The molecule has 1 rings (SSSR count). The van der Waals surface area contributed by atoms with Crippen molar-refractivity contribution in [3.8, 4) is 5.88 Å². The minimum Gasteiger partial charge on any atom is -0.471 e. The third-order valence-electron chi connectivity index (χ3n) is 2.00. The molecule has 0 saturated heterocycles. The van der Waals surface area contributed by atoms with Gasteiger partial charge < -0.3 is 20.6 Å². The maximum atomic E-state index is 10.7. The molecule has 0 saturated carbocycles. The Kier molecular flexibility index (Phi) is 3.18. The molecule has 0 radical (unpaired) electrons. The predicted molar refractivity (Wildman–Crippen MR) is 58.4 cm³/mol. The van der Waals surface area contributed by atoms with Gasteiger partial charge in [-0.3, -0.25) is 4.57 Å². The highest BCUT2D eigenvalue weighted by Gasteiger charge is 2.26. The first kappa shape index (κ1) is 12.4. The highest BCUT2D eigenvalue weighted by atomic mass is 16.6. The van der Waals surface area contributed by atoms with E-state index in [9.17, 15) is 10.1 Å². The Labute approximate surface area is 93.4 Å². The molecule has 0 unspecified atom stereocenters. The minimum atomic E-state index is -0.564. The molecule has 0 aromatic carbocycles. The summed E-state index contributed by atoms with van der Waals surface area (Å²) in [4.78, 5) is 14.0. The fourth-order valence-corrected chi connectivity index (χ4v) is 1.11. The molecule has 7 heteroatoms. The lowest BCUT2D eigenvalue weighted by molar-refractivity contribution is -0.390. The van der Waals surface area contributed by atoms with Crippen LogP contribution >= 0.6 is 0 Å². The average molecular weight is 228 g/mol. The van der Waals surface area contributed by atoms with Crippen LogP contribution in [-0.2, 0) is 7.05 Å². The maximum absolute atomic E-state index is 10.7. The summed E-state index contributed by atoms with van der Waals surface area (Å²) >= 11 is 0. The van der Waals surface area contributed by atoms with Gasteiger partial charge in [0.15, 0.2) is 0 Å². The van der Waals surface area contributed by atoms with Crippen molar-refractivity contribution in [3.05, 3.63) is 15.9 Å². The zero-order valence-corrected chi connectivity index (χ0v) is 9.85. The molecule has 7 nitrogen and oxygen atoms in total. The van der Waals surface area contributed by atoms with Crippen molar-refractivity contribution >= 4 is 5.82 Å². The maximum Gasteiger partial charge on any atom is 0.426 e. The van der Waals surface area contributed by atoms with Gasteiger partial charge in [0.1, 0.15) is 6.61 Å². The number of hydrogen-bond acceptors (Lipinski definition) is 5. The molecule has 2 N–H and O–H groups in total. The molecule has 1 aromatic heterocycles. The fourth-order valence-electron chi connectivity index (χ4n) is 1.11. The zero-order valence-electron chi connectivity index (χ0n) is 9.85. The van der Waals surface area contributed by atoms with Crippen LogP contribution in [0.15, 0.2) is 0 Å². The lowest BCUT2D eigenvalue weighted by Crippen LogP contribution is -2.39. The molecule has 1 aromatic rings. The van der Waals surface area contributed by atoms with Gasteiger partial charge in [-0.25, -0.2) is 0 Å². The summed E-state index contributed by atoms with van der Waals surface area (Å²) < 4.78 is 6.88. The molecular weight excluding hydrogens is 212 g/mol. The highest BCUT2D eigenvalue weighted by Crippen LogP contribution is 2.26. The van der Waals surface area contributed by atoms with Gasteiger partial charge in [-0.2, -0.15) is 0 Å². The molecule has 90 valence electrons. The van der Waals surface area contributed by atoms with Crippen LogP contribution in [0.4, 0.5) is 5.82 Å². The summed E-state index contributed by atoms with van der Waals surface area (Å²) in [5.74, 6) is 0.391. The molecule has 16 heavy (non-hydrogen) atoms. The average Bonchev–Trinajstić information content (AvgIpc) is 2.39. The molecule has 0 atom stereocenters. The number of imidazole rings is 1. The fraction of sp³-hybridized carbons (Fsp3) is 0.667. The number of nitro groups is 1. The smallest absolute Gasteiger partial charge is 0.426 e. The number of rotatable bonds is 4. The summed E-state index contributed by atoms with van der Waals surface area (Å²) in [5, 5.41) is 10.7. The molecule has 0 aliphatic heterocycles. The third-order valence-corrected chi connectivity index (χ3v) is 2.00. The number of nitrogens with zero attached hydrogens (tertiary/aromatic N) is 3. The van der Waals surface area contributed by atoms with Crippen LogP contribution in [0.3, 0.4) is 0 Å². The first-order valence-corrected chi connectivity index (χ1v) is 4.82. The van der Waals surface area contributed by atoms with Gasteiger partial charge in [0, 0.05) is 19.5 Å². The Balaban J connectivity index is 2.98. The SMILES string of the molecule is Cc1nc([N+](=O)[O-])c(OCC(C)(C)N)n1C. The van der Waals surface area contributed by atoms with Gasteiger partial charge in [0.25, 0.3) is 5.88 Å². The van der Waals surface area contributed by atoms with E-state index in [0.29, 0.717) is 5.82 Å². The third kappa shape index (κ3) is 2.69. The van der Waals surface area contributed by atoms with Crippen molar-refractivity contribution in [2.45, 2.75) is 26.3 Å². The summed E-state index contributed by atoms with van der Waals surface area (Å²) in [6.07, 6.45) is 0. The zero-order chi connectivity index (χ0) is 12.5. The van der Waals surface area contributed by atoms with Gasteiger partial charge in [0.05, 0.1) is 0 Å². The van der Waals surface area contributed by atoms with Gasteiger partial charge in [0.2, 0.25) is 5.82 Å². The largest absolute Gasteiger partial charge is 0.471 e. The second-order valence-corrected chi connectivity index (χ2v) is 4.38. The topological polar surface area (TPSA) is 96.2 Å². The highest BCUT2D eigenvalue weighted by molar-refractivity contribution is 5.36. The van der Waals surface area contributed by atoms with Crippen molar-refractivity contribution < 1.29 is 9.66 Å². The van der Waals surface area contributed by atoms with Gasteiger partial charge in [-0.05, 0) is 23.8 Å². The second-order valence-electron chi connectivity index (χ2n) is 4.38. The van der Waals surface area contributed by atoms with Crippen molar-refractivity contribution in [1.29, 1.82) is 0 Å². The molecule has 0 aliphatic carbocycles. The van der Waals surface area contributed by atoms with Crippen LogP contribution in [0.1, 0.15) is 19.7 Å². The quantitative estimate of drug-likeness (QED) is 0.606. The van der Waals surface area contributed by atoms with E-state index in [1.54, 1.807) is 27.8 Å². The van der Waals surface area contributed by atoms with E-state index in [2.05, 4.69) is 4.98 Å². The normalized spacial score (nSPS) is 11.6. The summed E-state index contributed by atoms with van der Waals surface area (Å²) in [6, 6.07) is 0. The van der Waals surface area contributed by atoms with Gasteiger partial charge >= 0.3 is 5.82 Å². The molecule has 1 heterocycles. The lowest BCUT2D eigenvalue weighted by atomic mass is 10.1. The second kappa shape index (κ2) is 4.09. The van der Waals surface area contributed by atoms with Gasteiger partial charge in [-0.15, -0.1) is 0 Å². The first-order chi connectivity index (χ1) is 7.22. The van der Waals surface area contributed by atoms with Crippen molar-refractivity contribution in [2.24, 2.45) is 12.8 Å². The van der Waals surface area contributed by atoms with E-state index in [4.69, 9.17) is 10.5 Å². The van der Waals surface area contributed by atoms with Crippen LogP contribution in [0, 0.1) is 17.0 Å². The van der Waals surface area contributed by atoms with E-state index in [1.807, 2.05) is 0 Å². The van der Waals surface area contributed by atoms with E-state index < -0.39 is 10.5 Å². The summed E-state index contributed by atoms with van der Waals surface area (Å²) in [6.45, 7) is 5.42. The van der Waals surface area contributed by atoms with Crippen LogP contribution in [0.25, 0.3) is 0 Å². The molecule has 0 fully saturated rings. The molecular formula is C9H16N4O3. The predicted octanol–water partition coefficient (Wildman–Crippen LogP) is 0.753. The minimum absolute atomic E-state index is 0.140. The molecule has 0 aliphatic rings. The number of nitrogens with two attached hydrogens (primary N) is 1. The number of aromatic nitrogens is 2. The van der Waals surface area contributed by atoms with Crippen molar-refractivity contribution in [3.63, 3.8) is 0 Å². The Morgan fingerprint density at radius 3 is 2.62 bits per heavy atom. The first-order valence-electron chi connectivity index (χ1n) is 4.82. The van der Waals surface area contributed by atoms with E-state index in [1.165, 1.54) is 4.57 Å². The van der Waals surface area contributed by atoms with E-state index in [-0.39, 0.29) is 18.3 Å². The monoisotopic (exact) mass is 228 g/mol. The Hall–Kier alpha value is -1.63. The number of hydrogen-bond donors (Lipinski definition) is 1. The number of ether oxygens (including phenoxy) is 1. The van der Waals surface area contributed by atoms with Crippen molar-refractivity contribution in [1.82, 2.24) is 9.55 Å². The number of aryl methyl sites for hydroxylation is 1. The lowest BCUT2D eigenvalue weighted by Gasteiger charge is -2.18. The Morgan fingerprint density at radius 1 is 1.62 bits per heavy atom. The van der Waals surface area contributed by atoms with E-state index >= 15 is 0 Å². The van der Waals surface area contributed by atoms with Crippen LogP contribution in [0.2, 0.25) is 0 Å². The molecule has 0 spiro atoms. The van der Waals surface area contributed by atoms with Crippen LogP contribution in [-0.4, -0.2) is 26.6 Å². The van der Waals surface area contributed by atoms with Gasteiger partial charge in [-0.1, -0.05) is 0 Å². The van der Waals surface area contributed by atoms with Crippen molar-refractivity contribution in [2.75, 3.05) is 6.61 Å².